The van der Waals surface area contributed by atoms with Gasteiger partial charge in [-0.3, -0.25) is 0 Å². The Kier molecular flexibility index (Phi) is 4.76. The van der Waals surface area contributed by atoms with Gasteiger partial charge in [0.15, 0.2) is 0 Å². The third-order valence-corrected chi connectivity index (χ3v) is 1.34. The first kappa shape index (κ1) is 11.6. The molecular weight excluding hydrogens is 176 g/mol. The number of ether oxygens (including phenoxy) is 1. The lowest BCUT2D eigenvalue weighted by Crippen LogP contribution is -2.25. The van der Waals surface area contributed by atoms with Crippen molar-refractivity contribution in [3.63, 3.8) is 0 Å². The van der Waals surface area contributed by atoms with Crippen molar-refractivity contribution in [1.82, 2.24) is 0 Å². The first-order valence-electron chi connectivity index (χ1n) is 3.73. The van der Waals surface area contributed by atoms with E-state index >= 15 is 0 Å². The number of carboxylic acid groups (broad SMARTS) is 1. The van der Waals surface area contributed by atoms with Crippen LogP contribution in [-0.2, 0) is 14.3 Å². The van der Waals surface area contributed by atoms with Crippen molar-refractivity contribution in [1.29, 1.82) is 0 Å². The number of esters is 1. The van der Waals surface area contributed by atoms with Gasteiger partial charge in [-0.25, -0.2) is 9.59 Å². The van der Waals surface area contributed by atoms with Crippen molar-refractivity contribution in [2.24, 2.45) is 0 Å². The first-order valence-corrected chi connectivity index (χ1v) is 3.73. The van der Waals surface area contributed by atoms with Crippen molar-refractivity contribution in [3.8, 4) is 0 Å². The van der Waals surface area contributed by atoms with Crippen LogP contribution in [0.3, 0.4) is 0 Å². The number of carbonyl (C=O) groups is 2. The van der Waals surface area contributed by atoms with Crippen molar-refractivity contribution in [2.45, 2.75) is 26.1 Å². The van der Waals surface area contributed by atoms with Gasteiger partial charge in [-0.05, 0) is 13.8 Å². The molecule has 74 valence electrons. The van der Waals surface area contributed by atoms with E-state index in [4.69, 9.17) is 10.2 Å². The smallest absolute Gasteiger partial charge is 0.331 e. The molecule has 0 aromatic rings. The average molecular weight is 188 g/mol. The van der Waals surface area contributed by atoms with Crippen LogP contribution in [0.4, 0.5) is 0 Å². The van der Waals surface area contributed by atoms with E-state index in [0.717, 1.165) is 6.08 Å². The average Bonchev–Trinajstić information content (AvgIpc) is 2.00. The van der Waals surface area contributed by atoms with E-state index in [1.165, 1.54) is 13.8 Å². The van der Waals surface area contributed by atoms with Gasteiger partial charge in [0.2, 0.25) is 0 Å². The van der Waals surface area contributed by atoms with E-state index in [1.807, 2.05) is 0 Å². The highest BCUT2D eigenvalue weighted by atomic mass is 16.6. The summed E-state index contributed by atoms with van der Waals surface area (Å²) in [5.41, 5.74) is 0. The molecule has 0 aromatic heterocycles. The molecule has 0 bridgehead atoms. The van der Waals surface area contributed by atoms with Crippen LogP contribution < -0.4 is 0 Å². The second-order valence-electron chi connectivity index (χ2n) is 2.55. The maximum atomic E-state index is 10.8. The van der Waals surface area contributed by atoms with Crippen molar-refractivity contribution in [3.05, 3.63) is 12.2 Å². The van der Waals surface area contributed by atoms with E-state index in [0.29, 0.717) is 6.08 Å². The van der Waals surface area contributed by atoms with E-state index in [2.05, 4.69) is 4.74 Å². The molecule has 0 fully saturated rings. The van der Waals surface area contributed by atoms with Gasteiger partial charge in [0.05, 0.1) is 6.10 Å². The number of hydrogen-bond donors (Lipinski definition) is 2. The standard InChI is InChI=1S/C8H12O5/c1-5(9)6(2)13-8(12)4-3-7(10)11/h3-6,9H,1-2H3,(H,10,11)/b4-3-. The number of aliphatic hydroxyl groups excluding tert-OH is 1. The number of rotatable bonds is 4. The number of carbonyl (C=O) groups excluding carboxylic acids is 1. The number of aliphatic carboxylic acids is 1. The Morgan fingerprint density at radius 1 is 1.31 bits per heavy atom. The molecule has 0 spiro atoms. The molecule has 5 heteroatoms. The van der Waals surface area contributed by atoms with Crippen molar-refractivity contribution < 1.29 is 24.5 Å². The Hall–Kier alpha value is -1.36. The van der Waals surface area contributed by atoms with Gasteiger partial charge in [-0.1, -0.05) is 0 Å². The molecule has 5 nitrogen and oxygen atoms in total. The van der Waals surface area contributed by atoms with E-state index < -0.39 is 24.1 Å². The van der Waals surface area contributed by atoms with Gasteiger partial charge >= 0.3 is 11.9 Å². The van der Waals surface area contributed by atoms with Gasteiger partial charge in [0.25, 0.3) is 0 Å². The van der Waals surface area contributed by atoms with Gasteiger partial charge < -0.3 is 14.9 Å². The van der Waals surface area contributed by atoms with Crippen LogP contribution in [-0.4, -0.2) is 34.4 Å². The molecule has 13 heavy (non-hydrogen) atoms. The van der Waals surface area contributed by atoms with Crippen LogP contribution in [0.1, 0.15) is 13.8 Å². The van der Waals surface area contributed by atoms with Crippen molar-refractivity contribution in [2.75, 3.05) is 0 Å². The minimum atomic E-state index is -1.22. The zero-order valence-electron chi connectivity index (χ0n) is 7.43. The van der Waals surface area contributed by atoms with Crippen molar-refractivity contribution >= 4 is 11.9 Å². The SMILES string of the molecule is CC(O)C(C)OC(=O)/C=C\C(=O)O. The van der Waals surface area contributed by atoms with E-state index in [-0.39, 0.29) is 0 Å². The normalized spacial score (nSPS) is 15.3. The molecule has 2 unspecified atom stereocenters. The topological polar surface area (TPSA) is 83.8 Å². The van der Waals surface area contributed by atoms with Gasteiger partial charge in [-0.2, -0.15) is 0 Å². The number of hydrogen-bond acceptors (Lipinski definition) is 4. The largest absolute Gasteiger partial charge is 0.478 e. The summed E-state index contributed by atoms with van der Waals surface area (Å²) in [5.74, 6) is -2.00. The lowest BCUT2D eigenvalue weighted by atomic mass is 10.2. The fourth-order valence-electron chi connectivity index (χ4n) is 0.460. The molecule has 0 aliphatic carbocycles. The van der Waals surface area contributed by atoms with E-state index in [9.17, 15) is 9.59 Å². The fourth-order valence-corrected chi connectivity index (χ4v) is 0.460. The number of carboxylic acids is 1. The van der Waals surface area contributed by atoms with Crippen LogP contribution >= 0.6 is 0 Å². The highest BCUT2D eigenvalue weighted by Gasteiger charge is 2.12. The summed E-state index contributed by atoms with van der Waals surface area (Å²) in [4.78, 5) is 20.8. The molecule has 0 rings (SSSR count). The fraction of sp³-hybridized carbons (Fsp3) is 0.500. The van der Waals surface area contributed by atoms with Gasteiger partial charge in [0, 0.05) is 12.2 Å². The number of aliphatic hydroxyl groups is 1. The second kappa shape index (κ2) is 5.31. The molecule has 0 aliphatic rings. The summed E-state index contributed by atoms with van der Waals surface area (Å²) in [6.45, 7) is 2.98. The maximum absolute atomic E-state index is 10.8. The predicted molar refractivity (Wildman–Crippen MR) is 44.0 cm³/mol. The summed E-state index contributed by atoms with van der Waals surface area (Å²) in [7, 11) is 0. The minimum Gasteiger partial charge on any atom is -0.478 e. The Morgan fingerprint density at radius 2 is 1.85 bits per heavy atom. The molecule has 0 saturated heterocycles. The maximum Gasteiger partial charge on any atom is 0.331 e. The summed E-state index contributed by atoms with van der Waals surface area (Å²) < 4.78 is 4.62. The third-order valence-electron chi connectivity index (χ3n) is 1.34. The molecule has 2 N–H and O–H groups in total. The molecule has 0 amide bonds. The Bertz CT molecular complexity index is 219. The molecule has 0 aromatic carbocycles. The monoisotopic (exact) mass is 188 g/mol. The molecule has 0 saturated carbocycles. The lowest BCUT2D eigenvalue weighted by molar-refractivity contribution is -0.147. The Labute approximate surface area is 75.6 Å². The van der Waals surface area contributed by atoms with Crippen LogP contribution in [0.25, 0.3) is 0 Å². The Balaban J connectivity index is 3.95. The predicted octanol–water partition coefficient (Wildman–Crippen LogP) is -0.0603. The van der Waals surface area contributed by atoms with Crippen LogP contribution in [0.2, 0.25) is 0 Å². The lowest BCUT2D eigenvalue weighted by Gasteiger charge is -2.13. The summed E-state index contributed by atoms with van der Waals surface area (Å²) in [6, 6.07) is 0. The second-order valence-corrected chi connectivity index (χ2v) is 2.55. The van der Waals surface area contributed by atoms with Gasteiger partial charge in [0.1, 0.15) is 6.10 Å². The van der Waals surface area contributed by atoms with Gasteiger partial charge in [-0.15, -0.1) is 0 Å². The zero-order chi connectivity index (χ0) is 10.4. The molecule has 0 heterocycles. The minimum absolute atomic E-state index is 0.647. The first-order chi connectivity index (χ1) is 5.93. The highest BCUT2D eigenvalue weighted by Crippen LogP contribution is 1.98. The highest BCUT2D eigenvalue weighted by molar-refractivity contribution is 5.90. The summed E-state index contributed by atoms with van der Waals surface area (Å²) in [6.07, 6.45) is 0.0475. The molecular formula is C8H12O5. The zero-order valence-corrected chi connectivity index (χ0v) is 7.43. The quantitative estimate of drug-likeness (QED) is 0.477. The molecule has 2 atom stereocenters. The molecule has 0 aliphatic heterocycles. The Morgan fingerprint density at radius 3 is 2.23 bits per heavy atom. The van der Waals surface area contributed by atoms with Crippen LogP contribution in [0.5, 0.6) is 0 Å². The van der Waals surface area contributed by atoms with E-state index in [1.54, 1.807) is 0 Å². The summed E-state index contributed by atoms with van der Waals surface area (Å²) in [5, 5.41) is 17.1. The third kappa shape index (κ3) is 5.86. The summed E-state index contributed by atoms with van der Waals surface area (Å²) >= 11 is 0. The van der Waals surface area contributed by atoms with Crippen LogP contribution in [0.15, 0.2) is 12.2 Å². The van der Waals surface area contributed by atoms with Crippen LogP contribution in [0, 0.1) is 0 Å². The molecule has 0 radical (unpaired) electrons.